The van der Waals surface area contributed by atoms with Crippen molar-refractivity contribution in [2.75, 3.05) is 6.54 Å². The summed E-state index contributed by atoms with van der Waals surface area (Å²) in [6, 6.07) is 1.16. The van der Waals surface area contributed by atoms with Gasteiger partial charge in [0, 0.05) is 17.5 Å². The van der Waals surface area contributed by atoms with Crippen molar-refractivity contribution in [3.63, 3.8) is 0 Å². The third-order valence-corrected chi connectivity index (χ3v) is 7.17. The first-order chi connectivity index (χ1) is 9.32. The summed E-state index contributed by atoms with van der Waals surface area (Å²) in [5, 5.41) is 8.95. The van der Waals surface area contributed by atoms with E-state index in [1.54, 1.807) is 13.0 Å². The SMILES string of the molecule is Cc1sc(Br)cc1S(=O)(=O)N1CCCCC1CC(=O)O. The molecule has 0 aromatic carbocycles. The monoisotopic (exact) mass is 381 g/mol. The fraction of sp³-hybridized carbons (Fsp3) is 0.583. The topological polar surface area (TPSA) is 74.7 Å². The van der Waals surface area contributed by atoms with Crippen LogP contribution in [-0.2, 0) is 14.8 Å². The second kappa shape index (κ2) is 6.13. The molecule has 1 aromatic rings. The van der Waals surface area contributed by atoms with Crippen LogP contribution < -0.4 is 0 Å². The fourth-order valence-corrected chi connectivity index (χ4v) is 6.59. The van der Waals surface area contributed by atoms with Gasteiger partial charge in [-0.1, -0.05) is 6.42 Å². The Balaban J connectivity index is 2.35. The molecule has 0 aliphatic carbocycles. The van der Waals surface area contributed by atoms with Gasteiger partial charge >= 0.3 is 5.97 Å². The van der Waals surface area contributed by atoms with Crippen molar-refractivity contribution in [3.05, 3.63) is 14.7 Å². The van der Waals surface area contributed by atoms with Gasteiger partial charge in [0.1, 0.15) is 0 Å². The van der Waals surface area contributed by atoms with Gasteiger partial charge in [0.05, 0.1) is 15.1 Å². The van der Waals surface area contributed by atoms with Crippen molar-refractivity contribution < 1.29 is 18.3 Å². The Morgan fingerprint density at radius 1 is 1.55 bits per heavy atom. The lowest BCUT2D eigenvalue weighted by atomic mass is 10.0. The molecule has 0 amide bonds. The van der Waals surface area contributed by atoms with Gasteiger partial charge in [0.25, 0.3) is 0 Å². The molecule has 1 unspecified atom stereocenters. The molecule has 1 aliphatic rings. The lowest BCUT2D eigenvalue weighted by Gasteiger charge is -2.33. The van der Waals surface area contributed by atoms with Crippen LogP contribution in [0.1, 0.15) is 30.6 Å². The second-order valence-electron chi connectivity index (χ2n) is 4.83. The molecule has 0 bridgehead atoms. The van der Waals surface area contributed by atoms with Crippen LogP contribution in [0.15, 0.2) is 14.7 Å². The number of sulfonamides is 1. The van der Waals surface area contributed by atoms with Gasteiger partial charge < -0.3 is 5.11 Å². The van der Waals surface area contributed by atoms with E-state index < -0.39 is 22.0 Å². The minimum Gasteiger partial charge on any atom is -0.481 e. The maximum atomic E-state index is 12.7. The highest BCUT2D eigenvalue weighted by atomic mass is 79.9. The van der Waals surface area contributed by atoms with Gasteiger partial charge in [0.2, 0.25) is 10.0 Å². The van der Waals surface area contributed by atoms with Crippen molar-refractivity contribution in [1.82, 2.24) is 4.31 Å². The van der Waals surface area contributed by atoms with Crippen LogP contribution in [0.4, 0.5) is 0 Å². The second-order valence-corrected chi connectivity index (χ2v) is 9.33. The average molecular weight is 382 g/mol. The largest absolute Gasteiger partial charge is 0.481 e. The first-order valence-electron chi connectivity index (χ1n) is 6.32. The molecular formula is C12H16BrNO4S2. The molecule has 112 valence electrons. The van der Waals surface area contributed by atoms with Crippen molar-refractivity contribution >= 4 is 43.3 Å². The number of hydrogen-bond acceptors (Lipinski definition) is 4. The fourth-order valence-electron chi connectivity index (χ4n) is 2.51. The molecule has 8 heteroatoms. The average Bonchev–Trinajstić information content (AvgIpc) is 2.69. The lowest BCUT2D eigenvalue weighted by molar-refractivity contribution is -0.138. The van der Waals surface area contributed by atoms with Gasteiger partial charge in [-0.2, -0.15) is 4.31 Å². The van der Waals surface area contributed by atoms with Crippen molar-refractivity contribution in [3.8, 4) is 0 Å². The highest BCUT2D eigenvalue weighted by molar-refractivity contribution is 9.11. The molecule has 1 atom stereocenters. The number of halogens is 1. The number of hydrogen-bond donors (Lipinski definition) is 1. The summed E-state index contributed by atoms with van der Waals surface area (Å²) in [4.78, 5) is 11.9. The zero-order valence-electron chi connectivity index (χ0n) is 11.0. The predicted molar refractivity (Wildman–Crippen MR) is 80.5 cm³/mol. The predicted octanol–water partition coefficient (Wildman–Crippen LogP) is 2.84. The lowest BCUT2D eigenvalue weighted by Crippen LogP contribution is -2.44. The number of piperidine rings is 1. The highest BCUT2D eigenvalue weighted by Gasteiger charge is 2.36. The van der Waals surface area contributed by atoms with Gasteiger partial charge in [0.15, 0.2) is 0 Å². The molecule has 1 aliphatic heterocycles. The summed E-state index contributed by atoms with van der Waals surface area (Å²) in [6.45, 7) is 2.16. The molecule has 1 fully saturated rings. The Kier molecular flexibility index (Phi) is 4.88. The standard InChI is InChI=1S/C12H16BrNO4S2/c1-8-10(7-11(13)19-8)20(17,18)14-5-3-2-4-9(14)6-12(15)16/h7,9H,2-6H2,1H3,(H,15,16). The molecule has 20 heavy (non-hydrogen) atoms. The third kappa shape index (κ3) is 3.24. The summed E-state index contributed by atoms with van der Waals surface area (Å²) in [5.41, 5.74) is 0. The first-order valence-corrected chi connectivity index (χ1v) is 9.37. The summed E-state index contributed by atoms with van der Waals surface area (Å²) in [7, 11) is -3.62. The van der Waals surface area contributed by atoms with Gasteiger partial charge in [-0.05, 0) is 41.8 Å². The van der Waals surface area contributed by atoms with E-state index in [1.165, 1.54) is 15.6 Å². The number of aliphatic carboxylic acids is 1. The van der Waals surface area contributed by atoms with Crippen LogP contribution in [0, 0.1) is 6.92 Å². The molecule has 0 spiro atoms. The molecule has 2 heterocycles. The first kappa shape index (κ1) is 15.9. The Morgan fingerprint density at radius 2 is 2.25 bits per heavy atom. The summed E-state index contributed by atoms with van der Waals surface area (Å²) >= 11 is 4.67. The maximum absolute atomic E-state index is 12.7. The van der Waals surface area contributed by atoms with E-state index in [1.807, 2.05) is 0 Å². The van der Waals surface area contributed by atoms with Crippen molar-refractivity contribution in [2.24, 2.45) is 0 Å². The Bertz CT molecular complexity index is 611. The zero-order chi connectivity index (χ0) is 14.9. The number of carboxylic acid groups (broad SMARTS) is 1. The molecule has 5 nitrogen and oxygen atoms in total. The van der Waals surface area contributed by atoms with E-state index in [-0.39, 0.29) is 11.3 Å². The summed E-state index contributed by atoms with van der Waals surface area (Å²) < 4.78 is 27.6. The molecule has 1 aromatic heterocycles. The number of nitrogens with zero attached hydrogens (tertiary/aromatic N) is 1. The van der Waals surface area contributed by atoms with Crippen LogP contribution in [0.2, 0.25) is 0 Å². The normalized spacial score (nSPS) is 21.0. The maximum Gasteiger partial charge on any atom is 0.304 e. The minimum absolute atomic E-state index is 0.135. The minimum atomic E-state index is -3.62. The van der Waals surface area contributed by atoms with Crippen molar-refractivity contribution in [1.29, 1.82) is 0 Å². The van der Waals surface area contributed by atoms with Gasteiger partial charge in [-0.3, -0.25) is 4.79 Å². The van der Waals surface area contributed by atoms with Crippen molar-refractivity contribution in [2.45, 2.75) is 43.5 Å². The van der Waals surface area contributed by atoms with Crippen LogP contribution in [0.5, 0.6) is 0 Å². The molecule has 1 saturated heterocycles. The number of thiophene rings is 1. The summed E-state index contributed by atoms with van der Waals surface area (Å²) in [6.07, 6.45) is 2.12. The third-order valence-electron chi connectivity index (χ3n) is 3.41. The van der Waals surface area contributed by atoms with E-state index in [4.69, 9.17) is 5.11 Å². The van der Waals surface area contributed by atoms with E-state index in [0.717, 1.165) is 21.5 Å². The highest BCUT2D eigenvalue weighted by Crippen LogP contribution is 2.34. The number of aryl methyl sites for hydroxylation is 1. The van der Waals surface area contributed by atoms with E-state index in [2.05, 4.69) is 15.9 Å². The number of carbonyl (C=O) groups is 1. The molecule has 1 N–H and O–H groups in total. The van der Waals surface area contributed by atoms with Gasteiger partial charge in [-0.25, -0.2) is 8.42 Å². The van der Waals surface area contributed by atoms with Crippen LogP contribution in [0.3, 0.4) is 0 Å². The molecule has 0 radical (unpaired) electrons. The molecular weight excluding hydrogens is 366 g/mol. The van der Waals surface area contributed by atoms with Crippen LogP contribution in [0.25, 0.3) is 0 Å². The number of carboxylic acids is 1. The Morgan fingerprint density at radius 3 is 2.80 bits per heavy atom. The molecule has 2 rings (SSSR count). The van der Waals surface area contributed by atoms with E-state index in [0.29, 0.717) is 13.0 Å². The molecule has 0 saturated carbocycles. The number of rotatable bonds is 4. The summed E-state index contributed by atoms with van der Waals surface area (Å²) in [5.74, 6) is -0.958. The Hall–Kier alpha value is -0.440. The van der Waals surface area contributed by atoms with Crippen LogP contribution in [-0.4, -0.2) is 36.4 Å². The van der Waals surface area contributed by atoms with Crippen LogP contribution >= 0.6 is 27.3 Å². The Labute approximate surface area is 130 Å². The van der Waals surface area contributed by atoms with Gasteiger partial charge in [-0.15, -0.1) is 11.3 Å². The zero-order valence-corrected chi connectivity index (χ0v) is 14.2. The van der Waals surface area contributed by atoms with E-state index >= 15 is 0 Å². The smallest absolute Gasteiger partial charge is 0.304 e. The van der Waals surface area contributed by atoms with E-state index in [9.17, 15) is 13.2 Å². The quantitative estimate of drug-likeness (QED) is 0.869.